The predicted molar refractivity (Wildman–Crippen MR) is 110 cm³/mol. The van der Waals surface area contributed by atoms with Crippen molar-refractivity contribution in [3.8, 4) is 0 Å². The van der Waals surface area contributed by atoms with Crippen LogP contribution in [0.5, 0.6) is 0 Å². The molecule has 2 saturated carbocycles. The molecule has 4 atom stereocenters. The lowest BCUT2D eigenvalue weighted by Crippen LogP contribution is -2.48. The monoisotopic (exact) mass is 429 g/mol. The van der Waals surface area contributed by atoms with Gasteiger partial charge in [0, 0.05) is 25.7 Å². The number of hydrogen-bond donors (Lipinski definition) is 3. The average molecular weight is 429 g/mol. The van der Waals surface area contributed by atoms with Gasteiger partial charge in [0.25, 0.3) is 11.5 Å². The van der Waals surface area contributed by atoms with E-state index in [-0.39, 0.29) is 22.5 Å². The zero-order valence-corrected chi connectivity index (χ0v) is 16.7. The minimum atomic E-state index is -1.04. The second-order valence-electron chi connectivity index (χ2n) is 7.82. The van der Waals surface area contributed by atoms with Crippen molar-refractivity contribution in [2.45, 2.75) is 43.7 Å². The number of nitrogens with one attached hydrogen (secondary N) is 3. The first-order chi connectivity index (χ1) is 15.0. The van der Waals surface area contributed by atoms with Crippen molar-refractivity contribution in [2.24, 2.45) is 0 Å². The van der Waals surface area contributed by atoms with Gasteiger partial charge in [0.2, 0.25) is 0 Å². The van der Waals surface area contributed by atoms with Gasteiger partial charge in [0.15, 0.2) is 5.65 Å². The Labute approximate surface area is 175 Å². The van der Waals surface area contributed by atoms with Crippen molar-refractivity contribution < 1.29 is 13.6 Å². The van der Waals surface area contributed by atoms with Gasteiger partial charge in [0.05, 0.1) is 18.3 Å². The summed E-state index contributed by atoms with van der Waals surface area (Å²) in [5.41, 5.74) is 0.332. The lowest BCUT2D eigenvalue weighted by atomic mass is 9.90. The molecular weight excluding hydrogens is 408 g/mol. The highest BCUT2D eigenvalue weighted by atomic mass is 19.1. The minimum Gasteiger partial charge on any atom is -0.373 e. The molecule has 1 unspecified atom stereocenters. The average Bonchev–Trinajstić information content (AvgIpc) is 3.32. The van der Waals surface area contributed by atoms with Gasteiger partial charge in [-0.1, -0.05) is 0 Å². The molecule has 31 heavy (non-hydrogen) atoms. The van der Waals surface area contributed by atoms with Crippen molar-refractivity contribution in [2.75, 3.05) is 17.7 Å². The second kappa shape index (κ2) is 7.33. The molecule has 0 aromatic carbocycles. The molecule has 2 aliphatic rings. The predicted octanol–water partition coefficient (Wildman–Crippen LogP) is 2.19. The van der Waals surface area contributed by atoms with Gasteiger partial charge in [-0.2, -0.15) is 9.61 Å². The maximum Gasteiger partial charge on any atom is 0.274 e. The number of halogens is 2. The van der Waals surface area contributed by atoms with E-state index < -0.39 is 30.3 Å². The highest BCUT2D eigenvalue weighted by Gasteiger charge is 2.40. The SMILES string of the molecule is CNc1cc(Nc2cccn([C@@H]3C[C@H]3F)c2=O)nc2c(C(=O)NC3CC[C@@H]3F)cnn12. The Morgan fingerprint density at radius 3 is 2.71 bits per heavy atom. The molecular formula is C20H21F2N7O2. The number of carbonyl (C=O) groups is 1. The molecule has 3 aromatic heterocycles. The summed E-state index contributed by atoms with van der Waals surface area (Å²) in [6.07, 6.45) is 2.24. The van der Waals surface area contributed by atoms with E-state index in [1.807, 2.05) is 0 Å². The fraction of sp³-hybridized carbons (Fsp3) is 0.400. The number of amides is 1. The van der Waals surface area contributed by atoms with E-state index in [4.69, 9.17) is 0 Å². The van der Waals surface area contributed by atoms with Crippen molar-refractivity contribution in [3.63, 3.8) is 0 Å². The minimum absolute atomic E-state index is 0.197. The fourth-order valence-electron chi connectivity index (χ4n) is 3.68. The number of fused-ring (bicyclic) bond motifs is 1. The Hall–Kier alpha value is -3.50. The first-order valence-electron chi connectivity index (χ1n) is 10.1. The van der Waals surface area contributed by atoms with Crippen LogP contribution in [0.1, 0.15) is 35.7 Å². The van der Waals surface area contributed by atoms with Crippen LogP contribution in [-0.2, 0) is 0 Å². The molecule has 5 rings (SSSR count). The van der Waals surface area contributed by atoms with Crippen LogP contribution < -0.4 is 21.5 Å². The third-order valence-electron chi connectivity index (χ3n) is 5.75. The number of alkyl halides is 2. The first kappa shape index (κ1) is 19.5. The Bertz CT molecular complexity index is 1220. The summed E-state index contributed by atoms with van der Waals surface area (Å²) in [6, 6.07) is 3.94. The molecule has 162 valence electrons. The summed E-state index contributed by atoms with van der Waals surface area (Å²) in [5.74, 6) is 0.375. The van der Waals surface area contributed by atoms with E-state index in [0.29, 0.717) is 30.9 Å². The molecule has 0 saturated heterocycles. The molecule has 0 bridgehead atoms. The van der Waals surface area contributed by atoms with Crippen molar-refractivity contribution in [3.05, 3.63) is 46.5 Å². The highest BCUT2D eigenvalue weighted by Crippen LogP contribution is 2.37. The van der Waals surface area contributed by atoms with Gasteiger partial charge in [-0.15, -0.1) is 0 Å². The fourth-order valence-corrected chi connectivity index (χ4v) is 3.68. The maximum absolute atomic E-state index is 13.6. The van der Waals surface area contributed by atoms with Crippen LogP contribution in [0.25, 0.3) is 5.65 Å². The van der Waals surface area contributed by atoms with Gasteiger partial charge in [-0.05, 0) is 25.0 Å². The summed E-state index contributed by atoms with van der Waals surface area (Å²) in [5, 5.41) is 12.8. The molecule has 11 heteroatoms. The molecule has 0 spiro atoms. The molecule has 3 N–H and O–H groups in total. The zero-order valence-electron chi connectivity index (χ0n) is 16.7. The number of aromatic nitrogens is 4. The van der Waals surface area contributed by atoms with Gasteiger partial charge < -0.3 is 20.5 Å². The van der Waals surface area contributed by atoms with Gasteiger partial charge in [-0.3, -0.25) is 9.59 Å². The maximum atomic E-state index is 13.6. The van der Waals surface area contributed by atoms with E-state index in [0.717, 1.165) is 0 Å². The molecule has 3 heterocycles. The number of rotatable bonds is 6. The number of hydrogen-bond acceptors (Lipinski definition) is 6. The van der Waals surface area contributed by atoms with E-state index in [9.17, 15) is 18.4 Å². The third kappa shape index (κ3) is 3.39. The van der Waals surface area contributed by atoms with Crippen LogP contribution in [0.4, 0.5) is 26.1 Å². The van der Waals surface area contributed by atoms with E-state index in [1.165, 1.54) is 15.3 Å². The Morgan fingerprint density at radius 1 is 1.26 bits per heavy atom. The third-order valence-corrected chi connectivity index (χ3v) is 5.75. The second-order valence-corrected chi connectivity index (χ2v) is 7.82. The lowest BCUT2D eigenvalue weighted by molar-refractivity contribution is 0.0826. The van der Waals surface area contributed by atoms with Crippen molar-refractivity contribution in [1.82, 2.24) is 24.5 Å². The van der Waals surface area contributed by atoms with Crippen LogP contribution in [0.3, 0.4) is 0 Å². The summed E-state index contributed by atoms with van der Waals surface area (Å²) >= 11 is 0. The number of nitrogens with zero attached hydrogens (tertiary/aromatic N) is 4. The van der Waals surface area contributed by atoms with E-state index in [1.54, 1.807) is 31.4 Å². The zero-order chi connectivity index (χ0) is 21.7. The summed E-state index contributed by atoms with van der Waals surface area (Å²) in [7, 11) is 1.69. The summed E-state index contributed by atoms with van der Waals surface area (Å²) in [4.78, 5) is 29.8. The van der Waals surface area contributed by atoms with Crippen LogP contribution in [0.15, 0.2) is 35.4 Å². The number of carbonyl (C=O) groups excluding carboxylic acids is 1. The summed E-state index contributed by atoms with van der Waals surface area (Å²) in [6.45, 7) is 0. The largest absolute Gasteiger partial charge is 0.373 e. The van der Waals surface area contributed by atoms with Crippen LogP contribution >= 0.6 is 0 Å². The van der Waals surface area contributed by atoms with Crippen LogP contribution in [0, 0.1) is 0 Å². The molecule has 3 aromatic rings. The van der Waals surface area contributed by atoms with Crippen molar-refractivity contribution >= 4 is 28.9 Å². The summed E-state index contributed by atoms with van der Waals surface area (Å²) < 4.78 is 29.8. The van der Waals surface area contributed by atoms with E-state index >= 15 is 0 Å². The molecule has 0 radical (unpaired) electrons. The molecule has 2 fully saturated rings. The Morgan fingerprint density at radius 2 is 2.06 bits per heavy atom. The quantitative estimate of drug-likeness (QED) is 0.555. The van der Waals surface area contributed by atoms with E-state index in [2.05, 4.69) is 26.0 Å². The molecule has 0 aliphatic heterocycles. The molecule has 1 amide bonds. The normalized spacial score (nSPS) is 24.5. The standard InChI is InChI=1S/C20H21F2N7O2/c1-23-17-8-16(25-14-3-2-6-28(20(14)31)15-7-12(15)22)27-18-10(9-24-29(17)18)19(30)26-13-5-4-11(13)21/h2-3,6,8-9,11-13,15,23H,4-5,7H2,1H3,(H,25,27)(H,26,30)/t11-,12+,13?,15+/m0/s1. The molecule has 9 nitrogen and oxygen atoms in total. The topological polar surface area (TPSA) is 105 Å². The van der Waals surface area contributed by atoms with Crippen LogP contribution in [-0.4, -0.2) is 50.5 Å². The van der Waals surface area contributed by atoms with Gasteiger partial charge >= 0.3 is 0 Å². The first-order valence-corrected chi connectivity index (χ1v) is 10.1. The number of pyridine rings is 1. The lowest BCUT2D eigenvalue weighted by Gasteiger charge is -2.30. The highest BCUT2D eigenvalue weighted by molar-refractivity contribution is 6.00. The molecule has 2 aliphatic carbocycles. The van der Waals surface area contributed by atoms with Gasteiger partial charge in [-0.25, -0.2) is 13.8 Å². The Kier molecular flexibility index (Phi) is 4.60. The van der Waals surface area contributed by atoms with Gasteiger partial charge in [0.1, 0.15) is 35.2 Å². The van der Waals surface area contributed by atoms with Crippen LogP contribution in [0.2, 0.25) is 0 Å². The Balaban J connectivity index is 1.48. The number of anilines is 3. The van der Waals surface area contributed by atoms with Crippen molar-refractivity contribution in [1.29, 1.82) is 0 Å². The smallest absolute Gasteiger partial charge is 0.274 e.